The molecule has 0 unspecified atom stereocenters. The number of alkyl halides is 3. The van der Waals surface area contributed by atoms with E-state index in [1.807, 2.05) is 13.8 Å². The minimum Gasteiger partial charge on any atom is -0.392 e. The summed E-state index contributed by atoms with van der Waals surface area (Å²) in [4.78, 5) is 13.7. The molecule has 0 spiro atoms. The molecule has 0 aliphatic heterocycles. The van der Waals surface area contributed by atoms with Crippen molar-refractivity contribution in [2.45, 2.75) is 52.1 Å². The average Bonchev–Trinajstić information content (AvgIpc) is 2.33. The first kappa shape index (κ1) is 19.1. The van der Waals surface area contributed by atoms with Crippen LogP contribution in [0.3, 0.4) is 0 Å². The van der Waals surface area contributed by atoms with Crippen molar-refractivity contribution in [2.24, 2.45) is 11.1 Å². The van der Waals surface area contributed by atoms with Crippen LogP contribution in [-0.4, -0.2) is 35.6 Å². The van der Waals surface area contributed by atoms with Gasteiger partial charge < -0.3 is 10.6 Å². The summed E-state index contributed by atoms with van der Waals surface area (Å²) < 4.78 is 36.7. The monoisotopic (exact) mass is 312 g/mol. The summed E-state index contributed by atoms with van der Waals surface area (Å²) in [7, 11) is 1.37. The average molecular weight is 312 g/mol. The Labute approximate surface area is 123 Å². The second-order valence-electron chi connectivity index (χ2n) is 5.04. The molecule has 118 valence electrons. The van der Waals surface area contributed by atoms with E-state index in [2.05, 4.69) is 0 Å². The van der Waals surface area contributed by atoms with E-state index in [4.69, 9.17) is 18.0 Å². The second-order valence-corrected chi connectivity index (χ2v) is 5.48. The molecule has 7 heteroatoms. The zero-order valence-electron chi connectivity index (χ0n) is 12.2. The Morgan fingerprint density at radius 3 is 1.90 bits per heavy atom. The van der Waals surface area contributed by atoms with Crippen molar-refractivity contribution in [1.29, 1.82) is 0 Å². The molecule has 0 aromatic heterocycles. The van der Waals surface area contributed by atoms with Crippen LogP contribution in [0.1, 0.15) is 46.0 Å². The fourth-order valence-corrected chi connectivity index (χ4v) is 2.60. The molecule has 0 aromatic carbocycles. The van der Waals surface area contributed by atoms with Crippen molar-refractivity contribution >= 4 is 23.1 Å². The highest BCUT2D eigenvalue weighted by atomic mass is 32.1. The lowest BCUT2D eigenvalue weighted by Crippen LogP contribution is -2.50. The van der Waals surface area contributed by atoms with Crippen LogP contribution in [0.25, 0.3) is 0 Å². The maximum Gasteiger partial charge on any atom is 0.390 e. The van der Waals surface area contributed by atoms with Gasteiger partial charge in [-0.3, -0.25) is 4.79 Å². The highest BCUT2D eigenvalue weighted by Crippen LogP contribution is 2.33. The lowest BCUT2D eigenvalue weighted by molar-refractivity contribution is -0.148. The quantitative estimate of drug-likeness (QED) is 0.700. The van der Waals surface area contributed by atoms with Gasteiger partial charge in [-0.2, -0.15) is 13.2 Å². The van der Waals surface area contributed by atoms with Gasteiger partial charge in [0.1, 0.15) is 0 Å². The van der Waals surface area contributed by atoms with E-state index in [0.29, 0.717) is 25.7 Å². The maximum atomic E-state index is 12.5. The molecular weight excluding hydrogens is 289 g/mol. The van der Waals surface area contributed by atoms with E-state index in [9.17, 15) is 18.0 Å². The normalized spacial score (nSPS) is 12.3. The molecule has 0 saturated heterocycles. The van der Waals surface area contributed by atoms with Crippen LogP contribution >= 0.6 is 12.2 Å². The van der Waals surface area contributed by atoms with Gasteiger partial charge in [0.15, 0.2) is 0 Å². The van der Waals surface area contributed by atoms with Crippen molar-refractivity contribution in [3.8, 4) is 0 Å². The molecule has 1 amide bonds. The molecule has 0 atom stereocenters. The number of rotatable bonds is 8. The van der Waals surface area contributed by atoms with E-state index in [-0.39, 0.29) is 11.5 Å². The van der Waals surface area contributed by atoms with Gasteiger partial charge >= 0.3 is 6.18 Å². The predicted molar refractivity (Wildman–Crippen MR) is 77.3 cm³/mol. The summed E-state index contributed by atoms with van der Waals surface area (Å²) in [5.41, 5.74) is 4.71. The number of thiocarbonyl (C=S) groups is 1. The Morgan fingerprint density at radius 1 is 1.15 bits per heavy atom. The Kier molecular flexibility index (Phi) is 7.47. The zero-order valence-corrected chi connectivity index (χ0v) is 13.0. The van der Waals surface area contributed by atoms with Gasteiger partial charge in [-0.25, -0.2) is 0 Å². The van der Waals surface area contributed by atoms with Gasteiger partial charge in [0.05, 0.1) is 16.8 Å². The number of halogens is 3. The number of nitrogens with two attached hydrogens (primary N) is 1. The number of hydrogen-bond acceptors (Lipinski definition) is 2. The molecule has 0 rings (SSSR count). The molecule has 0 aliphatic rings. The summed E-state index contributed by atoms with van der Waals surface area (Å²) in [6, 6.07) is 0. The van der Waals surface area contributed by atoms with Crippen molar-refractivity contribution in [3.05, 3.63) is 0 Å². The topological polar surface area (TPSA) is 46.3 Å². The fourth-order valence-electron chi connectivity index (χ4n) is 2.31. The summed E-state index contributed by atoms with van der Waals surface area (Å²) in [6.07, 6.45) is -3.00. The first-order valence-electron chi connectivity index (χ1n) is 6.73. The van der Waals surface area contributed by atoms with Gasteiger partial charge in [-0.15, -0.1) is 0 Å². The van der Waals surface area contributed by atoms with E-state index in [1.165, 1.54) is 7.05 Å². The fraction of sp³-hybridized carbons (Fsp3) is 0.846. The van der Waals surface area contributed by atoms with Crippen molar-refractivity contribution in [3.63, 3.8) is 0 Å². The van der Waals surface area contributed by atoms with Crippen LogP contribution in [-0.2, 0) is 4.79 Å². The second kappa shape index (κ2) is 7.81. The molecule has 0 fully saturated rings. The lowest BCUT2D eigenvalue weighted by atomic mass is 9.77. The van der Waals surface area contributed by atoms with Gasteiger partial charge in [0, 0.05) is 13.6 Å². The molecule has 0 aromatic rings. The van der Waals surface area contributed by atoms with E-state index in [0.717, 1.165) is 4.90 Å². The van der Waals surface area contributed by atoms with E-state index in [1.54, 1.807) is 0 Å². The third-order valence-electron chi connectivity index (χ3n) is 3.31. The van der Waals surface area contributed by atoms with Crippen molar-refractivity contribution in [1.82, 2.24) is 4.90 Å². The number of amides is 1. The SMILES string of the molecule is CCCC(CCC)(C(=O)N(C)CCC(F)(F)F)C(N)=S. The third-order valence-corrected chi connectivity index (χ3v) is 3.70. The maximum absolute atomic E-state index is 12.5. The molecule has 0 aliphatic carbocycles. The molecule has 0 saturated carbocycles. The smallest absolute Gasteiger partial charge is 0.390 e. The van der Waals surface area contributed by atoms with Crippen molar-refractivity contribution < 1.29 is 18.0 Å². The minimum atomic E-state index is -4.28. The van der Waals surface area contributed by atoms with Crippen LogP contribution in [0.15, 0.2) is 0 Å². The van der Waals surface area contributed by atoms with Gasteiger partial charge in [-0.05, 0) is 12.8 Å². The molecule has 3 nitrogen and oxygen atoms in total. The van der Waals surface area contributed by atoms with Gasteiger partial charge in [0.25, 0.3) is 0 Å². The Hall–Kier alpha value is -0.850. The Bertz CT molecular complexity index is 339. The summed E-state index contributed by atoms with van der Waals surface area (Å²) in [5, 5.41) is 0. The van der Waals surface area contributed by atoms with E-state index >= 15 is 0 Å². The largest absolute Gasteiger partial charge is 0.392 e. The highest BCUT2D eigenvalue weighted by molar-refractivity contribution is 7.80. The van der Waals surface area contributed by atoms with Gasteiger partial charge in [0.2, 0.25) is 5.91 Å². The Balaban J connectivity index is 5.07. The van der Waals surface area contributed by atoms with Crippen LogP contribution in [0.2, 0.25) is 0 Å². The Morgan fingerprint density at radius 2 is 1.60 bits per heavy atom. The number of carbonyl (C=O) groups excluding carboxylic acids is 1. The first-order valence-corrected chi connectivity index (χ1v) is 7.13. The lowest BCUT2D eigenvalue weighted by Gasteiger charge is -2.35. The van der Waals surface area contributed by atoms with Crippen LogP contribution in [0.5, 0.6) is 0 Å². The molecular formula is C13H23F3N2OS. The molecule has 2 N–H and O–H groups in total. The summed E-state index contributed by atoms with van der Waals surface area (Å²) in [6.45, 7) is 3.41. The minimum absolute atomic E-state index is 0.0741. The van der Waals surface area contributed by atoms with Gasteiger partial charge in [-0.1, -0.05) is 38.9 Å². The number of carbonyl (C=O) groups is 1. The number of hydrogen-bond donors (Lipinski definition) is 1. The highest BCUT2D eigenvalue weighted by Gasteiger charge is 2.42. The van der Waals surface area contributed by atoms with Crippen LogP contribution in [0, 0.1) is 5.41 Å². The summed E-state index contributed by atoms with van der Waals surface area (Å²) in [5.74, 6) is -0.405. The molecule has 0 bridgehead atoms. The summed E-state index contributed by atoms with van der Waals surface area (Å²) >= 11 is 5.02. The van der Waals surface area contributed by atoms with Crippen LogP contribution < -0.4 is 5.73 Å². The zero-order chi connectivity index (χ0) is 16.0. The molecule has 0 heterocycles. The van der Waals surface area contributed by atoms with Crippen LogP contribution in [0.4, 0.5) is 13.2 Å². The van der Waals surface area contributed by atoms with Crippen molar-refractivity contribution in [2.75, 3.05) is 13.6 Å². The van der Waals surface area contributed by atoms with E-state index < -0.39 is 23.9 Å². The third kappa shape index (κ3) is 5.26. The predicted octanol–water partition coefficient (Wildman–Crippen LogP) is 3.27. The molecule has 20 heavy (non-hydrogen) atoms. The number of nitrogens with zero attached hydrogens (tertiary/aromatic N) is 1. The first-order chi connectivity index (χ1) is 9.10. The standard InChI is InChI=1S/C13H23F3N2OS/c1-4-6-12(7-5-2,10(17)20)11(19)18(3)9-8-13(14,15)16/h4-9H2,1-3H3,(H2,17,20). The molecule has 0 radical (unpaired) electrons.